The van der Waals surface area contributed by atoms with Crippen LogP contribution in [0.15, 0.2) is 30.5 Å². The fraction of sp³-hybridized carbons (Fsp3) is 0.267. The molecule has 9 heteroatoms. The molecule has 2 N–H and O–H groups in total. The van der Waals surface area contributed by atoms with Crippen molar-refractivity contribution in [2.24, 2.45) is 0 Å². The van der Waals surface area contributed by atoms with Crippen molar-refractivity contribution in [3.05, 3.63) is 46.5 Å². The van der Waals surface area contributed by atoms with Crippen molar-refractivity contribution in [2.75, 3.05) is 5.32 Å². The molecule has 0 fully saturated rings. The lowest BCUT2D eigenvalue weighted by Crippen LogP contribution is -2.12. The Balaban J connectivity index is 1.99. The number of benzene rings is 1. The zero-order valence-electron chi connectivity index (χ0n) is 12.3. The fourth-order valence-corrected chi connectivity index (χ4v) is 2.77. The zero-order valence-corrected chi connectivity index (χ0v) is 13.1. The first-order valence-corrected chi connectivity index (χ1v) is 7.68. The number of halogens is 3. The monoisotopic (exact) mass is 358 g/mol. The average Bonchev–Trinajstić information content (AvgIpc) is 2.91. The van der Waals surface area contributed by atoms with E-state index >= 15 is 0 Å². The summed E-state index contributed by atoms with van der Waals surface area (Å²) in [5.41, 5.74) is -0.232. The predicted molar refractivity (Wildman–Crippen MR) is 81.9 cm³/mol. The minimum atomic E-state index is -4.40. The predicted octanol–water partition coefficient (Wildman–Crippen LogP) is 3.56. The number of hydrogen-bond donors (Lipinski definition) is 2. The second-order valence-corrected chi connectivity index (χ2v) is 6.06. The van der Waals surface area contributed by atoms with Crippen LogP contribution in [0.25, 0.3) is 0 Å². The summed E-state index contributed by atoms with van der Waals surface area (Å²) in [5.74, 6) is -1.55. The van der Waals surface area contributed by atoms with Crippen LogP contribution in [0.4, 0.5) is 18.3 Å². The Labute approximate surface area is 139 Å². The first-order valence-electron chi connectivity index (χ1n) is 6.86. The van der Waals surface area contributed by atoms with Gasteiger partial charge < -0.3 is 10.4 Å². The van der Waals surface area contributed by atoms with Crippen LogP contribution in [0.2, 0.25) is 0 Å². The number of aliphatic carboxylic acids is 1. The summed E-state index contributed by atoms with van der Waals surface area (Å²) in [7, 11) is 0. The normalized spacial score (nSPS) is 11.3. The lowest BCUT2D eigenvalue weighted by molar-refractivity contribution is -0.138. The average molecular weight is 358 g/mol. The molecular weight excluding hydrogens is 345 g/mol. The molecule has 0 saturated carbocycles. The number of hydrogen-bond acceptors (Lipinski definition) is 4. The van der Waals surface area contributed by atoms with Crippen molar-refractivity contribution in [3.8, 4) is 0 Å². The molecule has 0 spiro atoms. The second-order valence-electron chi connectivity index (χ2n) is 4.95. The third-order valence-electron chi connectivity index (χ3n) is 3.00. The van der Waals surface area contributed by atoms with Gasteiger partial charge in [0.05, 0.1) is 12.0 Å². The molecule has 0 aliphatic carbocycles. The van der Waals surface area contributed by atoms with E-state index in [4.69, 9.17) is 5.11 Å². The van der Waals surface area contributed by atoms with Crippen LogP contribution in [0.1, 0.15) is 28.8 Å². The van der Waals surface area contributed by atoms with E-state index < -0.39 is 23.6 Å². The molecule has 5 nitrogen and oxygen atoms in total. The van der Waals surface area contributed by atoms with Gasteiger partial charge in [-0.25, -0.2) is 4.98 Å². The molecule has 2 rings (SSSR count). The molecule has 1 aromatic heterocycles. The maximum Gasteiger partial charge on any atom is 0.416 e. The van der Waals surface area contributed by atoms with Gasteiger partial charge in [-0.15, -0.1) is 11.3 Å². The van der Waals surface area contributed by atoms with Crippen molar-refractivity contribution in [3.63, 3.8) is 0 Å². The summed E-state index contributed by atoms with van der Waals surface area (Å²) < 4.78 is 38.1. The second kappa shape index (κ2) is 7.43. The van der Waals surface area contributed by atoms with Crippen molar-refractivity contribution in [1.29, 1.82) is 0 Å². The molecule has 24 heavy (non-hydrogen) atoms. The van der Waals surface area contributed by atoms with E-state index in [0.29, 0.717) is 10.4 Å². The van der Waals surface area contributed by atoms with E-state index in [0.717, 1.165) is 23.5 Å². The van der Waals surface area contributed by atoms with Crippen LogP contribution >= 0.6 is 11.3 Å². The summed E-state index contributed by atoms with van der Waals surface area (Å²) in [6.45, 7) is 0. The highest BCUT2D eigenvalue weighted by atomic mass is 32.1. The molecular formula is C15H13F3N2O3S. The van der Waals surface area contributed by atoms with Gasteiger partial charge in [-0.05, 0) is 11.6 Å². The van der Waals surface area contributed by atoms with Gasteiger partial charge in [-0.3, -0.25) is 9.59 Å². The molecule has 1 aromatic carbocycles. The van der Waals surface area contributed by atoms with Crippen LogP contribution in [0.3, 0.4) is 0 Å². The Hall–Kier alpha value is -2.42. The quantitative estimate of drug-likeness (QED) is 0.828. The standard InChI is InChI=1S/C15H13F3N2O3S/c16-15(17,18)10-3-1-2-9(6-10)7-11-8-19-14(24-11)20-12(21)4-5-13(22)23/h1-3,6,8H,4-5,7H2,(H,22,23)(H,19,20,21). The minimum Gasteiger partial charge on any atom is -0.481 e. The van der Waals surface area contributed by atoms with Gasteiger partial charge in [-0.1, -0.05) is 18.2 Å². The van der Waals surface area contributed by atoms with Gasteiger partial charge >= 0.3 is 12.1 Å². The highest BCUT2D eigenvalue weighted by Gasteiger charge is 2.30. The van der Waals surface area contributed by atoms with Crippen LogP contribution in [-0.4, -0.2) is 22.0 Å². The highest BCUT2D eigenvalue weighted by molar-refractivity contribution is 7.15. The third-order valence-corrected chi connectivity index (χ3v) is 3.91. The Morgan fingerprint density at radius 1 is 1.25 bits per heavy atom. The topological polar surface area (TPSA) is 79.3 Å². The van der Waals surface area contributed by atoms with Crippen molar-refractivity contribution in [2.45, 2.75) is 25.4 Å². The molecule has 0 atom stereocenters. The lowest BCUT2D eigenvalue weighted by atomic mass is 10.1. The lowest BCUT2D eigenvalue weighted by Gasteiger charge is -2.07. The molecule has 0 unspecified atom stereocenters. The number of carbonyl (C=O) groups excluding carboxylic acids is 1. The van der Waals surface area contributed by atoms with Crippen molar-refractivity contribution >= 4 is 28.3 Å². The SMILES string of the molecule is O=C(O)CCC(=O)Nc1ncc(Cc2cccc(C(F)(F)F)c2)s1. The molecule has 0 aliphatic heterocycles. The molecule has 0 radical (unpaired) electrons. The van der Waals surface area contributed by atoms with E-state index in [1.54, 1.807) is 6.07 Å². The van der Waals surface area contributed by atoms with E-state index in [2.05, 4.69) is 10.3 Å². The van der Waals surface area contributed by atoms with Crippen LogP contribution in [0.5, 0.6) is 0 Å². The summed E-state index contributed by atoms with van der Waals surface area (Å²) in [6, 6.07) is 5.00. The smallest absolute Gasteiger partial charge is 0.416 e. The molecule has 2 aromatic rings. The summed E-state index contributed by atoms with van der Waals surface area (Å²) in [4.78, 5) is 26.5. The maximum absolute atomic E-state index is 12.7. The van der Waals surface area contributed by atoms with Gasteiger partial charge in [-0.2, -0.15) is 13.2 Å². The Bertz CT molecular complexity index is 744. The number of alkyl halides is 3. The van der Waals surface area contributed by atoms with Crippen LogP contribution in [-0.2, 0) is 22.2 Å². The fourth-order valence-electron chi connectivity index (χ4n) is 1.91. The molecule has 0 aliphatic rings. The van der Waals surface area contributed by atoms with E-state index in [-0.39, 0.29) is 24.4 Å². The van der Waals surface area contributed by atoms with Crippen LogP contribution < -0.4 is 5.32 Å². The first kappa shape index (κ1) is 17.9. The summed E-state index contributed by atoms with van der Waals surface area (Å²) in [5, 5.41) is 11.3. The number of thiazole rings is 1. The van der Waals surface area contributed by atoms with Gasteiger partial charge in [0.15, 0.2) is 5.13 Å². The molecule has 0 bridgehead atoms. The maximum atomic E-state index is 12.7. The molecule has 128 valence electrons. The number of carboxylic acids is 1. The Morgan fingerprint density at radius 3 is 2.67 bits per heavy atom. The van der Waals surface area contributed by atoms with E-state index in [1.165, 1.54) is 12.3 Å². The number of rotatable bonds is 6. The highest BCUT2D eigenvalue weighted by Crippen LogP contribution is 2.30. The number of carboxylic acid groups (broad SMARTS) is 1. The number of carbonyl (C=O) groups is 2. The van der Waals surface area contributed by atoms with Gasteiger partial charge in [0.1, 0.15) is 0 Å². The number of aromatic nitrogens is 1. The summed E-state index contributed by atoms with van der Waals surface area (Å²) >= 11 is 1.13. The van der Waals surface area contributed by atoms with E-state index in [9.17, 15) is 22.8 Å². The number of nitrogens with zero attached hydrogens (tertiary/aromatic N) is 1. The third kappa shape index (κ3) is 5.34. The van der Waals surface area contributed by atoms with Crippen molar-refractivity contribution < 1.29 is 27.9 Å². The zero-order chi connectivity index (χ0) is 17.7. The number of amides is 1. The molecule has 0 saturated heterocycles. The molecule has 1 amide bonds. The largest absolute Gasteiger partial charge is 0.481 e. The number of nitrogens with one attached hydrogen (secondary N) is 1. The van der Waals surface area contributed by atoms with Crippen LogP contribution in [0, 0.1) is 0 Å². The Morgan fingerprint density at radius 2 is 2.00 bits per heavy atom. The molecule has 1 heterocycles. The van der Waals surface area contributed by atoms with Gasteiger partial charge in [0, 0.05) is 23.9 Å². The minimum absolute atomic E-state index is 0.169. The Kier molecular flexibility index (Phi) is 5.55. The van der Waals surface area contributed by atoms with Gasteiger partial charge in [0.2, 0.25) is 5.91 Å². The van der Waals surface area contributed by atoms with Crippen molar-refractivity contribution in [1.82, 2.24) is 4.98 Å². The number of anilines is 1. The summed E-state index contributed by atoms with van der Waals surface area (Å²) in [6.07, 6.45) is -3.12. The first-order chi connectivity index (χ1) is 11.2. The van der Waals surface area contributed by atoms with E-state index in [1.807, 2.05) is 0 Å². The van der Waals surface area contributed by atoms with Gasteiger partial charge in [0.25, 0.3) is 0 Å².